The van der Waals surface area contributed by atoms with E-state index in [1.54, 1.807) is 0 Å². The van der Waals surface area contributed by atoms with Crippen molar-refractivity contribution in [1.82, 2.24) is 10.2 Å². The van der Waals surface area contributed by atoms with Gasteiger partial charge >= 0.3 is 0 Å². The second-order valence-electron chi connectivity index (χ2n) is 4.52. The van der Waals surface area contributed by atoms with Crippen LogP contribution in [0, 0.1) is 0 Å². The molecule has 0 aromatic heterocycles. The lowest BCUT2D eigenvalue weighted by molar-refractivity contribution is -0.145. The van der Waals surface area contributed by atoms with Gasteiger partial charge in [0.2, 0.25) is 0 Å². The van der Waals surface area contributed by atoms with Gasteiger partial charge in [0.25, 0.3) is 0 Å². The van der Waals surface area contributed by atoms with Crippen LogP contribution >= 0.6 is 0 Å². The molecule has 2 aliphatic rings. The lowest BCUT2D eigenvalue weighted by atomic mass is 10.0. The maximum absolute atomic E-state index is 5.56. The molecule has 1 N–H and O–H groups in total. The van der Waals surface area contributed by atoms with Crippen LogP contribution in [0.4, 0.5) is 0 Å². The summed E-state index contributed by atoms with van der Waals surface area (Å²) in [6, 6.07) is 0.734. The van der Waals surface area contributed by atoms with E-state index >= 15 is 0 Å². The fraction of sp³-hybridized carbons (Fsp3) is 1.00. The predicted octanol–water partition coefficient (Wildman–Crippen LogP) is 0.433. The van der Waals surface area contributed by atoms with Gasteiger partial charge in [-0.15, -0.1) is 0 Å². The number of likely N-dealkylation sites (N-methyl/N-ethyl adjacent to an activating group) is 1. The molecule has 0 aromatic carbocycles. The van der Waals surface area contributed by atoms with Gasteiger partial charge in [0, 0.05) is 12.6 Å². The molecule has 0 aliphatic carbocycles. The van der Waals surface area contributed by atoms with Crippen LogP contribution in [0.2, 0.25) is 0 Å². The minimum absolute atomic E-state index is 0.374. The molecule has 1 unspecified atom stereocenters. The smallest absolute Gasteiger partial charge is 0.147 e. The Hall–Kier alpha value is -0.160. The molecule has 2 fully saturated rings. The quantitative estimate of drug-likeness (QED) is 0.739. The first kappa shape index (κ1) is 11.3. The van der Waals surface area contributed by atoms with Crippen LogP contribution in [0.3, 0.4) is 0 Å². The monoisotopic (exact) mass is 214 g/mol. The van der Waals surface area contributed by atoms with Gasteiger partial charge in [0.15, 0.2) is 0 Å². The average Bonchev–Trinajstić information content (AvgIpc) is 2.31. The van der Waals surface area contributed by atoms with Gasteiger partial charge in [-0.05, 0) is 39.4 Å². The number of hydrogen-bond donors (Lipinski definition) is 1. The fourth-order valence-electron chi connectivity index (χ4n) is 2.36. The first-order valence-corrected chi connectivity index (χ1v) is 5.96. The molecule has 0 bridgehead atoms. The standard InChI is InChI=1S/C11H22N2O2/c1-13(10-2-5-12-6-3-10)8-11-4-7-14-9-15-11/h10-12H,2-9H2,1H3. The fourth-order valence-corrected chi connectivity index (χ4v) is 2.36. The average molecular weight is 214 g/mol. The van der Waals surface area contributed by atoms with Gasteiger partial charge in [-0.3, -0.25) is 0 Å². The summed E-state index contributed by atoms with van der Waals surface area (Å²) in [7, 11) is 2.22. The van der Waals surface area contributed by atoms with Crippen LogP contribution in [0.5, 0.6) is 0 Å². The molecule has 0 spiro atoms. The zero-order chi connectivity index (χ0) is 10.5. The van der Waals surface area contributed by atoms with E-state index in [1.165, 1.54) is 12.8 Å². The van der Waals surface area contributed by atoms with Crippen molar-refractivity contribution in [1.29, 1.82) is 0 Å². The Morgan fingerprint density at radius 2 is 2.07 bits per heavy atom. The molecule has 2 rings (SSSR count). The zero-order valence-electron chi connectivity index (χ0n) is 9.58. The van der Waals surface area contributed by atoms with Gasteiger partial charge in [0.05, 0.1) is 12.7 Å². The number of hydrogen-bond acceptors (Lipinski definition) is 4. The highest BCUT2D eigenvalue weighted by Gasteiger charge is 2.22. The van der Waals surface area contributed by atoms with Crippen LogP contribution in [0.15, 0.2) is 0 Å². The zero-order valence-corrected chi connectivity index (χ0v) is 9.58. The summed E-state index contributed by atoms with van der Waals surface area (Å²) in [5.74, 6) is 0. The first-order chi connectivity index (χ1) is 7.36. The van der Waals surface area contributed by atoms with Crippen molar-refractivity contribution in [3.05, 3.63) is 0 Å². The van der Waals surface area contributed by atoms with Crippen LogP contribution in [0.25, 0.3) is 0 Å². The Bertz CT molecular complexity index is 177. The lowest BCUT2D eigenvalue weighted by Gasteiger charge is -2.34. The number of piperidine rings is 1. The van der Waals surface area contributed by atoms with Crippen molar-refractivity contribution >= 4 is 0 Å². The van der Waals surface area contributed by atoms with E-state index in [2.05, 4.69) is 17.3 Å². The third kappa shape index (κ3) is 3.41. The summed E-state index contributed by atoms with van der Waals surface area (Å²) in [5.41, 5.74) is 0. The van der Waals surface area contributed by atoms with Crippen LogP contribution in [-0.4, -0.2) is 57.1 Å². The van der Waals surface area contributed by atoms with E-state index < -0.39 is 0 Å². The second kappa shape index (κ2) is 5.80. The molecule has 2 saturated heterocycles. The van der Waals surface area contributed by atoms with Gasteiger partial charge in [0.1, 0.15) is 6.79 Å². The number of rotatable bonds is 3. The van der Waals surface area contributed by atoms with E-state index in [4.69, 9.17) is 9.47 Å². The van der Waals surface area contributed by atoms with Gasteiger partial charge < -0.3 is 19.7 Å². The van der Waals surface area contributed by atoms with Crippen LogP contribution in [0.1, 0.15) is 19.3 Å². The van der Waals surface area contributed by atoms with E-state index in [1.807, 2.05) is 0 Å². The Labute approximate surface area is 91.9 Å². The maximum Gasteiger partial charge on any atom is 0.147 e. The van der Waals surface area contributed by atoms with Crippen molar-refractivity contribution in [3.63, 3.8) is 0 Å². The molecule has 15 heavy (non-hydrogen) atoms. The predicted molar refractivity (Wildman–Crippen MR) is 58.8 cm³/mol. The third-order valence-corrected chi connectivity index (χ3v) is 3.39. The summed E-state index contributed by atoms with van der Waals surface area (Å²) in [5, 5.41) is 3.40. The Balaban J connectivity index is 1.72. The molecule has 4 heteroatoms. The van der Waals surface area contributed by atoms with Crippen LogP contribution < -0.4 is 5.32 Å². The van der Waals surface area contributed by atoms with Gasteiger partial charge in [-0.25, -0.2) is 0 Å². The SMILES string of the molecule is CN(CC1CCOCO1)C1CCNCC1. The normalized spacial score (nSPS) is 29.6. The van der Waals surface area contributed by atoms with E-state index in [0.29, 0.717) is 12.9 Å². The van der Waals surface area contributed by atoms with Gasteiger partial charge in [-0.2, -0.15) is 0 Å². The number of nitrogens with zero attached hydrogens (tertiary/aromatic N) is 1. The summed E-state index contributed by atoms with van der Waals surface area (Å²) >= 11 is 0. The van der Waals surface area contributed by atoms with Gasteiger partial charge in [-0.1, -0.05) is 0 Å². The molecular formula is C11H22N2O2. The van der Waals surface area contributed by atoms with E-state index in [9.17, 15) is 0 Å². The van der Waals surface area contributed by atoms with Crippen molar-refractivity contribution in [2.24, 2.45) is 0 Å². The maximum atomic E-state index is 5.56. The highest BCUT2D eigenvalue weighted by Crippen LogP contribution is 2.13. The summed E-state index contributed by atoms with van der Waals surface area (Å²) in [6.07, 6.45) is 3.94. The van der Waals surface area contributed by atoms with Crippen molar-refractivity contribution in [2.75, 3.05) is 40.1 Å². The van der Waals surface area contributed by atoms with E-state index in [-0.39, 0.29) is 0 Å². The van der Waals surface area contributed by atoms with E-state index in [0.717, 1.165) is 38.7 Å². The minimum Gasteiger partial charge on any atom is -0.355 e. The Kier molecular flexibility index (Phi) is 4.38. The summed E-state index contributed by atoms with van der Waals surface area (Å²) < 4.78 is 10.7. The van der Waals surface area contributed by atoms with Crippen molar-refractivity contribution in [2.45, 2.75) is 31.4 Å². The topological polar surface area (TPSA) is 33.7 Å². The molecule has 0 saturated carbocycles. The van der Waals surface area contributed by atoms with Crippen molar-refractivity contribution < 1.29 is 9.47 Å². The molecule has 2 heterocycles. The van der Waals surface area contributed by atoms with Crippen molar-refractivity contribution in [3.8, 4) is 0 Å². The largest absolute Gasteiger partial charge is 0.355 e. The Morgan fingerprint density at radius 1 is 1.27 bits per heavy atom. The summed E-state index contributed by atoms with van der Waals surface area (Å²) in [4.78, 5) is 2.46. The molecule has 2 aliphatic heterocycles. The highest BCUT2D eigenvalue weighted by atomic mass is 16.7. The lowest BCUT2D eigenvalue weighted by Crippen LogP contribution is -2.45. The molecule has 0 aromatic rings. The third-order valence-electron chi connectivity index (χ3n) is 3.39. The molecule has 1 atom stereocenters. The number of nitrogens with one attached hydrogen (secondary N) is 1. The minimum atomic E-state index is 0.374. The molecule has 88 valence electrons. The molecule has 4 nitrogen and oxygen atoms in total. The Morgan fingerprint density at radius 3 is 2.73 bits per heavy atom. The highest BCUT2D eigenvalue weighted by molar-refractivity contribution is 4.77. The molecule has 0 amide bonds. The summed E-state index contributed by atoms with van der Waals surface area (Å²) in [6.45, 7) is 4.69. The molecular weight excluding hydrogens is 192 g/mol. The number of ether oxygens (including phenoxy) is 2. The second-order valence-corrected chi connectivity index (χ2v) is 4.52. The van der Waals surface area contributed by atoms with Crippen LogP contribution in [-0.2, 0) is 9.47 Å². The molecule has 0 radical (unpaired) electrons. The first-order valence-electron chi connectivity index (χ1n) is 5.96.